The van der Waals surface area contributed by atoms with E-state index in [0.29, 0.717) is 21.9 Å². The van der Waals surface area contributed by atoms with Crippen LogP contribution in [0.1, 0.15) is 54.2 Å². The predicted molar refractivity (Wildman–Crippen MR) is 142 cm³/mol. The van der Waals surface area contributed by atoms with E-state index in [9.17, 15) is 18.0 Å². The molecule has 1 aliphatic heterocycles. The Hall–Kier alpha value is -3.30. The smallest absolute Gasteiger partial charge is 0.390 e. The summed E-state index contributed by atoms with van der Waals surface area (Å²) in [5, 5.41) is 8.87. The molecule has 1 aliphatic rings. The summed E-state index contributed by atoms with van der Waals surface area (Å²) in [6, 6.07) is 12.0. The number of hydrogen-bond donors (Lipinski definition) is 1. The molecule has 1 amide bonds. The Kier molecular flexibility index (Phi) is 7.38. The molecule has 2 N–H and O–H groups in total. The van der Waals surface area contributed by atoms with Crippen molar-refractivity contribution in [2.75, 3.05) is 0 Å². The predicted octanol–water partition coefficient (Wildman–Crippen LogP) is 7.17. The number of fused-ring (bicyclic) bond motifs is 1. The monoisotopic (exact) mass is 565 g/mol. The van der Waals surface area contributed by atoms with Gasteiger partial charge in [0.15, 0.2) is 0 Å². The Bertz CT molecular complexity index is 1450. The molecule has 0 saturated carbocycles. The van der Waals surface area contributed by atoms with Crippen molar-refractivity contribution in [3.8, 4) is 0 Å². The van der Waals surface area contributed by atoms with Gasteiger partial charge in [0.05, 0.1) is 11.3 Å². The number of benzene rings is 3. The first kappa shape index (κ1) is 27.7. The van der Waals surface area contributed by atoms with Crippen molar-refractivity contribution < 1.29 is 27.6 Å². The fourth-order valence-corrected chi connectivity index (χ4v) is 4.82. The number of carbonyl (C=O) groups excluding carboxylic acids is 1. The Balaban J connectivity index is 1.84. The molecular weight excluding hydrogens is 542 g/mol. The van der Waals surface area contributed by atoms with Crippen LogP contribution in [0.15, 0.2) is 58.8 Å². The molecule has 3 aromatic carbocycles. The molecule has 0 radical (unpaired) electrons. The van der Waals surface area contributed by atoms with Gasteiger partial charge in [0.25, 0.3) is 5.60 Å². The highest BCUT2D eigenvalue weighted by Gasteiger charge is 2.62. The van der Waals surface area contributed by atoms with Gasteiger partial charge in [-0.3, -0.25) is 4.79 Å². The van der Waals surface area contributed by atoms with Gasteiger partial charge < -0.3 is 15.4 Å². The van der Waals surface area contributed by atoms with Gasteiger partial charge in [-0.05, 0) is 61.4 Å². The molecule has 200 valence electrons. The van der Waals surface area contributed by atoms with Crippen LogP contribution in [0, 0.1) is 0 Å². The average molecular weight is 566 g/mol. The number of oxime groups is 2. The molecule has 6 nitrogen and oxygen atoms in total. The molecule has 0 spiro atoms. The van der Waals surface area contributed by atoms with Gasteiger partial charge in [-0.2, -0.15) is 13.2 Å². The fraction of sp³-hybridized carbons (Fsp3) is 0.296. The maximum atomic E-state index is 14.5. The van der Waals surface area contributed by atoms with E-state index in [0.717, 1.165) is 12.1 Å². The van der Waals surface area contributed by atoms with Crippen molar-refractivity contribution in [1.82, 2.24) is 0 Å². The summed E-state index contributed by atoms with van der Waals surface area (Å²) in [6.45, 7) is 5.47. The van der Waals surface area contributed by atoms with Crippen LogP contribution in [0.5, 0.6) is 0 Å². The number of primary amides is 1. The maximum absolute atomic E-state index is 14.5. The van der Waals surface area contributed by atoms with Gasteiger partial charge in [-0.25, -0.2) is 0 Å². The molecule has 0 fully saturated rings. The van der Waals surface area contributed by atoms with E-state index in [4.69, 9.17) is 38.6 Å². The summed E-state index contributed by atoms with van der Waals surface area (Å²) < 4.78 is 43.6. The quantitative estimate of drug-likeness (QED) is 0.254. The molecule has 1 atom stereocenters. The molecular formula is C27H24Cl2F3N3O3. The van der Waals surface area contributed by atoms with Crippen molar-refractivity contribution in [1.29, 1.82) is 0 Å². The standard InChI is InChI=1S/C27H24Cl2F3N3O3/c1-25(2,3)37-34-9-8-15-10-21(19-6-4-5-7-20(19)23(15)24(33)36)22-14-26(38-35-22,27(30,31)32)16-11-17(28)13-18(29)12-16/h4-7,9-13H,8,14H2,1-3H3,(H2,33,36). The summed E-state index contributed by atoms with van der Waals surface area (Å²) in [6.07, 6.45) is -3.90. The summed E-state index contributed by atoms with van der Waals surface area (Å²) in [5.41, 5.74) is 3.20. The Morgan fingerprint density at radius 2 is 1.76 bits per heavy atom. The van der Waals surface area contributed by atoms with Crippen LogP contribution in [0.2, 0.25) is 10.0 Å². The van der Waals surface area contributed by atoms with Crippen LogP contribution in [-0.2, 0) is 21.7 Å². The fourth-order valence-electron chi connectivity index (χ4n) is 4.29. The highest BCUT2D eigenvalue weighted by Crippen LogP contribution is 2.50. The summed E-state index contributed by atoms with van der Waals surface area (Å²) in [4.78, 5) is 23.0. The van der Waals surface area contributed by atoms with E-state index in [2.05, 4.69) is 10.3 Å². The molecule has 1 unspecified atom stereocenters. The lowest BCUT2D eigenvalue weighted by Crippen LogP contribution is -2.42. The lowest BCUT2D eigenvalue weighted by molar-refractivity contribution is -0.275. The molecule has 0 aromatic heterocycles. The normalized spacial score (nSPS) is 18.1. The maximum Gasteiger partial charge on any atom is 0.435 e. The topological polar surface area (TPSA) is 86.3 Å². The number of alkyl halides is 3. The van der Waals surface area contributed by atoms with E-state index in [-0.39, 0.29) is 33.3 Å². The highest BCUT2D eigenvalue weighted by molar-refractivity contribution is 6.34. The van der Waals surface area contributed by atoms with E-state index in [1.165, 1.54) is 12.3 Å². The molecule has 0 saturated heterocycles. The Labute approximate surface area is 227 Å². The number of nitrogens with two attached hydrogens (primary N) is 1. The minimum Gasteiger partial charge on any atom is -0.390 e. The summed E-state index contributed by atoms with van der Waals surface area (Å²) in [7, 11) is 0. The van der Waals surface area contributed by atoms with Gasteiger partial charge in [0.2, 0.25) is 5.91 Å². The third kappa shape index (κ3) is 5.44. The zero-order valence-corrected chi connectivity index (χ0v) is 22.2. The average Bonchev–Trinajstić information content (AvgIpc) is 3.26. The second kappa shape index (κ2) is 10.1. The van der Waals surface area contributed by atoms with Gasteiger partial charge in [-0.15, -0.1) is 0 Å². The zero-order valence-electron chi connectivity index (χ0n) is 20.7. The van der Waals surface area contributed by atoms with E-state index >= 15 is 0 Å². The van der Waals surface area contributed by atoms with Gasteiger partial charge in [0.1, 0.15) is 5.60 Å². The van der Waals surface area contributed by atoms with Crippen LogP contribution in [0.4, 0.5) is 13.2 Å². The Morgan fingerprint density at radius 1 is 1.13 bits per heavy atom. The van der Waals surface area contributed by atoms with Crippen molar-refractivity contribution >= 4 is 51.8 Å². The van der Waals surface area contributed by atoms with Crippen LogP contribution < -0.4 is 5.73 Å². The SMILES string of the molecule is CC(C)(C)ON=CCc1cc(C2=NOC(c3cc(Cl)cc(Cl)c3)(C(F)(F)F)C2)c2ccccc2c1C(N)=O. The molecule has 0 bridgehead atoms. The van der Waals surface area contributed by atoms with E-state index < -0.39 is 29.7 Å². The van der Waals surface area contributed by atoms with Crippen molar-refractivity contribution in [2.24, 2.45) is 16.0 Å². The van der Waals surface area contributed by atoms with Crippen LogP contribution in [0.25, 0.3) is 10.8 Å². The van der Waals surface area contributed by atoms with Crippen LogP contribution in [0.3, 0.4) is 0 Å². The van der Waals surface area contributed by atoms with Gasteiger partial charge in [-0.1, -0.05) is 57.8 Å². The van der Waals surface area contributed by atoms with Crippen LogP contribution in [-0.4, -0.2) is 29.6 Å². The third-order valence-corrected chi connectivity index (χ3v) is 6.35. The number of halogens is 5. The lowest BCUT2D eigenvalue weighted by Gasteiger charge is -2.29. The van der Waals surface area contributed by atoms with E-state index in [1.54, 1.807) is 30.3 Å². The molecule has 11 heteroatoms. The first-order chi connectivity index (χ1) is 17.7. The van der Waals surface area contributed by atoms with Crippen molar-refractivity contribution in [2.45, 2.75) is 51.0 Å². The largest absolute Gasteiger partial charge is 0.435 e. The number of nitrogens with zero attached hydrogens (tertiary/aromatic N) is 2. The second-order valence-electron chi connectivity index (χ2n) is 9.85. The first-order valence-corrected chi connectivity index (χ1v) is 12.3. The van der Waals surface area contributed by atoms with Gasteiger partial charge >= 0.3 is 6.18 Å². The lowest BCUT2D eigenvalue weighted by atomic mass is 9.84. The molecule has 0 aliphatic carbocycles. The Morgan fingerprint density at radius 3 is 2.34 bits per heavy atom. The number of hydrogen-bond acceptors (Lipinski definition) is 5. The molecule has 4 rings (SSSR count). The summed E-state index contributed by atoms with van der Waals surface area (Å²) >= 11 is 12.0. The molecule has 38 heavy (non-hydrogen) atoms. The highest BCUT2D eigenvalue weighted by atomic mass is 35.5. The van der Waals surface area contributed by atoms with Crippen molar-refractivity contribution in [3.05, 3.63) is 80.8 Å². The summed E-state index contributed by atoms with van der Waals surface area (Å²) in [5.74, 6) is -0.685. The first-order valence-electron chi connectivity index (χ1n) is 11.5. The van der Waals surface area contributed by atoms with E-state index in [1.807, 2.05) is 20.8 Å². The minimum atomic E-state index is -4.85. The number of carbonyl (C=O) groups is 1. The minimum absolute atomic E-state index is 0.0310. The zero-order chi connectivity index (χ0) is 27.9. The van der Waals surface area contributed by atoms with Crippen LogP contribution >= 0.6 is 23.2 Å². The van der Waals surface area contributed by atoms with Gasteiger partial charge in [0, 0.05) is 40.2 Å². The van der Waals surface area contributed by atoms with Crippen molar-refractivity contribution in [3.63, 3.8) is 0 Å². The molecule has 3 aromatic rings. The number of rotatable bonds is 6. The molecule has 1 heterocycles. The third-order valence-electron chi connectivity index (χ3n) is 5.91. The second-order valence-corrected chi connectivity index (χ2v) is 10.7. The number of amides is 1.